The Hall–Kier alpha value is -1.36. The van der Waals surface area contributed by atoms with Crippen LogP contribution in [0, 0.1) is 6.92 Å². The van der Waals surface area contributed by atoms with Crippen molar-refractivity contribution in [3.8, 4) is 0 Å². The first-order valence-electron chi connectivity index (χ1n) is 4.73. The van der Waals surface area contributed by atoms with Crippen molar-refractivity contribution in [3.63, 3.8) is 0 Å². The summed E-state index contributed by atoms with van der Waals surface area (Å²) in [7, 11) is 1.84. The molecule has 0 spiro atoms. The average Bonchev–Trinajstić information content (AvgIpc) is 2.17. The van der Waals surface area contributed by atoms with Crippen LogP contribution in [0.2, 0.25) is 0 Å². The first kappa shape index (κ1) is 10.7. The third-order valence-corrected chi connectivity index (χ3v) is 1.78. The van der Waals surface area contributed by atoms with E-state index in [0.717, 1.165) is 30.4 Å². The van der Waals surface area contributed by atoms with Crippen molar-refractivity contribution in [2.24, 2.45) is 5.73 Å². The molecule has 0 aliphatic carbocycles. The van der Waals surface area contributed by atoms with Crippen molar-refractivity contribution < 1.29 is 0 Å². The molecule has 1 heterocycles. The summed E-state index contributed by atoms with van der Waals surface area (Å²) < 4.78 is 0. The Bertz CT molecular complexity index is 287. The second-order valence-electron chi connectivity index (χ2n) is 3.00. The number of hydrogen-bond donors (Lipinski definition) is 3. The van der Waals surface area contributed by atoms with Gasteiger partial charge >= 0.3 is 0 Å². The average molecular weight is 195 g/mol. The molecule has 0 radical (unpaired) electrons. The van der Waals surface area contributed by atoms with E-state index in [9.17, 15) is 0 Å². The largest absolute Gasteiger partial charge is 0.373 e. The highest BCUT2D eigenvalue weighted by molar-refractivity contribution is 5.46. The Balaban J connectivity index is 2.62. The number of nitrogens with two attached hydrogens (primary N) is 1. The van der Waals surface area contributed by atoms with Crippen LogP contribution in [0.5, 0.6) is 0 Å². The van der Waals surface area contributed by atoms with Crippen LogP contribution < -0.4 is 16.4 Å². The topological polar surface area (TPSA) is 75.9 Å². The van der Waals surface area contributed by atoms with Gasteiger partial charge in [-0.2, -0.15) is 0 Å². The fourth-order valence-electron chi connectivity index (χ4n) is 1.10. The van der Waals surface area contributed by atoms with E-state index in [1.807, 2.05) is 20.0 Å². The minimum atomic E-state index is 0.690. The molecular formula is C9H17N5. The summed E-state index contributed by atoms with van der Waals surface area (Å²) in [5.41, 5.74) is 5.39. The fraction of sp³-hybridized carbons (Fsp3) is 0.556. The van der Waals surface area contributed by atoms with Crippen molar-refractivity contribution in [3.05, 3.63) is 11.9 Å². The molecule has 14 heavy (non-hydrogen) atoms. The highest BCUT2D eigenvalue weighted by atomic mass is 15.1. The van der Waals surface area contributed by atoms with E-state index in [1.54, 1.807) is 0 Å². The van der Waals surface area contributed by atoms with Gasteiger partial charge in [-0.05, 0) is 19.9 Å². The van der Waals surface area contributed by atoms with E-state index >= 15 is 0 Å². The van der Waals surface area contributed by atoms with E-state index in [1.165, 1.54) is 0 Å². The quantitative estimate of drug-likeness (QED) is 0.599. The van der Waals surface area contributed by atoms with Gasteiger partial charge in [0.15, 0.2) is 0 Å². The minimum absolute atomic E-state index is 0.690. The van der Waals surface area contributed by atoms with E-state index < -0.39 is 0 Å². The molecule has 0 saturated carbocycles. The van der Waals surface area contributed by atoms with Crippen LogP contribution in [0.1, 0.15) is 12.2 Å². The molecule has 0 fully saturated rings. The van der Waals surface area contributed by atoms with E-state index in [-0.39, 0.29) is 0 Å². The van der Waals surface area contributed by atoms with Gasteiger partial charge in [-0.3, -0.25) is 0 Å². The maximum atomic E-state index is 5.39. The van der Waals surface area contributed by atoms with Crippen molar-refractivity contribution >= 4 is 11.6 Å². The van der Waals surface area contributed by atoms with Gasteiger partial charge in [-0.15, -0.1) is 0 Å². The van der Waals surface area contributed by atoms with E-state index in [4.69, 9.17) is 5.73 Å². The summed E-state index contributed by atoms with van der Waals surface area (Å²) in [5, 5.41) is 6.17. The second kappa shape index (κ2) is 5.39. The third kappa shape index (κ3) is 3.18. The van der Waals surface area contributed by atoms with Crippen molar-refractivity contribution in [2.45, 2.75) is 13.3 Å². The molecule has 78 valence electrons. The zero-order chi connectivity index (χ0) is 10.4. The molecule has 1 aromatic rings. The first-order valence-corrected chi connectivity index (χ1v) is 4.73. The lowest BCUT2D eigenvalue weighted by Crippen LogP contribution is -2.10. The van der Waals surface area contributed by atoms with Gasteiger partial charge in [0, 0.05) is 19.7 Å². The molecule has 0 aliphatic heterocycles. The highest BCUT2D eigenvalue weighted by Crippen LogP contribution is 2.09. The zero-order valence-electron chi connectivity index (χ0n) is 8.67. The number of anilines is 2. The molecule has 0 unspecified atom stereocenters. The maximum Gasteiger partial charge on any atom is 0.131 e. The van der Waals surface area contributed by atoms with Gasteiger partial charge < -0.3 is 16.4 Å². The molecule has 0 amide bonds. The lowest BCUT2D eigenvalue weighted by molar-refractivity contribution is 0.867. The van der Waals surface area contributed by atoms with Gasteiger partial charge in [-0.1, -0.05) is 0 Å². The molecule has 0 aromatic carbocycles. The lowest BCUT2D eigenvalue weighted by Gasteiger charge is -2.07. The molecule has 0 bridgehead atoms. The number of hydrogen-bond acceptors (Lipinski definition) is 5. The molecule has 4 N–H and O–H groups in total. The summed E-state index contributed by atoms with van der Waals surface area (Å²) in [5.74, 6) is 2.43. The van der Waals surface area contributed by atoms with Crippen LogP contribution in [-0.4, -0.2) is 30.1 Å². The van der Waals surface area contributed by atoms with E-state index in [0.29, 0.717) is 6.54 Å². The standard InChI is InChI=1S/C9H17N5/c1-7-13-8(11-2)6-9(14-7)12-5-3-4-10/h6H,3-5,10H2,1-2H3,(H2,11,12,13,14). The fourth-order valence-corrected chi connectivity index (χ4v) is 1.10. The Kier molecular flexibility index (Phi) is 4.12. The summed E-state index contributed by atoms with van der Waals surface area (Å²) in [6.07, 6.45) is 0.942. The smallest absolute Gasteiger partial charge is 0.131 e. The monoisotopic (exact) mass is 195 g/mol. The van der Waals surface area contributed by atoms with Crippen molar-refractivity contribution in [1.82, 2.24) is 9.97 Å². The van der Waals surface area contributed by atoms with Gasteiger partial charge in [-0.25, -0.2) is 9.97 Å². The Morgan fingerprint density at radius 2 is 2.07 bits per heavy atom. The van der Waals surface area contributed by atoms with Crippen LogP contribution in [0.4, 0.5) is 11.6 Å². The van der Waals surface area contributed by atoms with Gasteiger partial charge in [0.05, 0.1) is 0 Å². The molecule has 0 saturated heterocycles. The second-order valence-corrected chi connectivity index (χ2v) is 3.00. The summed E-state index contributed by atoms with van der Waals surface area (Å²) in [6, 6.07) is 1.88. The third-order valence-electron chi connectivity index (χ3n) is 1.78. The number of nitrogens with one attached hydrogen (secondary N) is 2. The van der Waals surface area contributed by atoms with Crippen LogP contribution >= 0.6 is 0 Å². The zero-order valence-corrected chi connectivity index (χ0v) is 8.67. The molecule has 5 heteroatoms. The predicted molar refractivity (Wildman–Crippen MR) is 58.5 cm³/mol. The highest BCUT2D eigenvalue weighted by Gasteiger charge is 1.98. The van der Waals surface area contributed by atoms with Crippen LogP contribution in [0.25, 0.3) is 0 Å². The van der Waals surface area contributed by atoms with Gasteiger partial charge in [0.2, 0.25) is 0 Å². The predicted octanol–water partition coefficient (Wildman–Crippen LogP) is 0.587. The number of rotatable bonds is 5. The van der Waals surface area contributed by atoms with Crippen LogP contribution in [0.3, 0.4) is 0 Å². The molecule has 0 aliphatic rings. The van der Waals surface area contributed by atoms with Crippen LogP contribution in [-0.2, 0) is 0 Å². The molecule has 1 aromatic heterocycles. The molecule has 5 nitrogen and oxygen atoms in total. The molecular weight excluding hydrogens is 178 g/mol. The van der Waals surface area contributed by atoms with Crippen molar-refractivity contribution in [2.75, 3.05) is 30.8 Å². The summed E-state index contributed by atoms with van der Waals surface area (Å²) in [4.78, 5) is 8.44. The molecule has 0 atom stereocenters. The maximum absolute atomic E-state index is 5.39. The normalized spacial score (nSPS) is 9.93. The lowest BCUT2D eigenvalue weighted by atomic mass is 10.4. The number of aromatic nitrogens is 2. The van der Waals surface area contributed by atoms with E-state index in [2.05, 4.69) is 20.6 Å². The first-order chi connectivity index (χ1) is 6.76. The van der Waals surface area contributed by atoms with Gasteiger partial charge in [0.25, 0.3) is 0 Å². The summed E-state index contributed by atoms with van der Waals surface area (Å²) in [6.45, 7) is 3.40. The van der Waals surface area contributed by atoms with Crippen LogP contribution in [0.15, 0.2) is 6.07 Å². The number of aryl methyl sites for hydroxylation is 1. The summed E-state index contributed by atoms with van der Waals surface area (Å²) >= 11 is 0. The van der Waals surface area contributed by atoms with Crippen molar-refractivity contribution in [1.29, 1.82) is 0 Å². The Labute approximate surface area is 84.1 Å². The Morgan fingerprint density at radius 3 is 2.71 bits per heavy atom. The SMILES string of the molecule is CNc1cc(NCCCN)nc(C)n1. The molecule has 1 rings (SSSR count). The number of nitrogens with zero attached hydrogens (tertiary/aromatic N) is 2. The minimum Gasteiger partial charge on any atom is -0.373 e. The Morgan fingerprint density at radius 1 is 1.36 bits per heavy atom. The van der Waals surface area contributed by atoms with Gasteiger partial charge in [0.1, 0.15) is 17.5 Å².